The number of rotatable bonds is 12. The zero-order valence-corrected chi connectivity index (χ0v) is 19.8. The third kappa shape index (κ3) is 9.57. The fraction of sp³-hybridized carbons (Fsp3) is 0.455. The minimum Gasteiger partial charge on any atom is -0.744 e. The first-order chi connectivity index (χ1) is 13.0. The topological polar surface area (TPSA) is 66.4 Å². The van der Waals surface area contributed by atoms with Gasteiger partial charge in [0.25, 0.3) is 0 Å². The van der Waals surface area contributed by atoms with E-state index in [0.29, 0.717) is 11.5 Å². The third-order valence-corrected chi connectivity index (χ3v) is 5.42. The van der Waals surface area contributed by atoms with Crippen molar-refractivity contribution in [2.24, 2.45) is 0 Å². The Labute approximate surface area is 191 Å². The first-order valence-corrected chi connectivity index (χ1v) is 11.2. The first kappa shape index (κ1) is 25.2. The largest absolute Gasteiger partial charge is 1.00 e. The van der Waals surface area contributed by atoms with Crippen LogP contribution >= 0.6 is 0 Å². The molecule has 2 aromatic rings. The number of hydrogen-bond acceptors (Lipinski definition) is 4. The second kappa shape index (κ2) is 13.4. The third-order valence-electron chi connectivity index (χ3n) is 4.57. The number of aryl methyl sites for hydroxylation is 1. The molecule has 0 amide bonds. The van der Waals surface area contributed by atoms with Crippen molar-refractivity contribution in [3.8, 4) is 11.5 Å². The Balaban J connectivity index is 0.00000392. The molecular formula is C22H29NaO4S. The van der Waals surface area contributed by atoms with Gasteiger partial charge in [-0.05, 0) is 54.8 Å². The molecule has 0 aliphatic heterocycles. The minimum atomic E-state index is -4.43. The normalized spacial score (nSPS) is 11.1. The fourth-order valence-electron chi connectivity index (χ4n) is 3.04. The first-order valence-electron chi connectivity index (χ1n) is 9.82. The van der Waals surface area contributed by atoms with E-state index < -0.39 is 10.1 Å². The molecule has 0 N–H and O–H groups in total. The van der Waals surface area contributed by atoms with Crippen LogP contribution in [0.5, 0.6) is 11.5 Å². The Morgan fingerprint density at radius 3 is 2.04 bits per heavy atom. The van der Waals surface area contributed by atoms with Gasteiger partial charge in [-0.25, -0.2) is 8.42 Å². The van der Waals surface area contributed by atoms with E-state index in [9.17, 15) is 13.0 Å². The van der Waals surface area contributed by atoms with Gasteiger partial charge in [-0.1, -0.05) is 64.0 Å². The summed E-state index contributed by atoms with van der Waals surface area (Å²) in [6.45, 7) is 2.24. The summed E-state index contributed by atoms with van der Waals surface area (Å²) in [7, 11) is -4.43. The number of benzene rings is 2. The fourth-order valence-corrected chi connectivity index (χ4v) is 3.51. The molecule has 0 spiro atoms. The zero-order chi connectivity index (χ0) is 19.5. The van der Waals surface area contributed by atoms with E-state index in [0.717, 1.165) is 6.42 Å². The van der Waals surface area contributed by atoms with Crippen molar-refractivity contribution in [3.63, 3.8) is 0 Å². The molecule has 148 valence electrons. The van der Waals surface area contributed by atoms with Crippen molar-refractivity contribution in [2.75, 3.05) is 0 Å². The molecule has 0 heterocycles. The van der Waals surface area contributed by atoms with E-state index in [-0.39, 0.29) is 34.5 Å². The predicted octanol–water partition coefficient (Wildman–Crippen LogP) is 3.07. The van der Waals surface area contributed by atoms with Gasteiger partial charge in [-0.2, -0.15) is 0 Å². The molecule has 0 aromatic heterocycles. The molecular weight excluding hydrogens is 383 g/mol. The van der Waals surface area contributed by atoms with Crippen LogP contribution in [0, 0.1) is 0 Å². The maximum Gasteiger partial charge on any atom is 1.00 e. The van der Waals surface area contributed by atoms with Crippen molar-refractivity contribution < 1.29 is 47.3 Å². The Bertz CT molecular complexity index is 788. The average Bonchev–Trinajstić information content (AvgIpc) is 2.64. The summed E-state index contributed by atoms with van der Waals surface area (Å²) in [5.74, 6) is 1.22. The summed E-state index contributed by atoms with van der Waals surface area (Å²) >= 11 is 0. The van der Waals surface area contributed by atoms with Gasteiger partial charge in [-0.15, -0.1) is 0 Å². The summed E-state index contributed by atoms with van der Waals surface area (Å²) in [6.07, 6.45) is 11.4. The molecule has 0 saturated heterocycles. The van der Waals surface area contributed by atoms with Crippen LogP contribution in [0.4, 0.5) is 0 Å². The van der Waals surface area contributed by atoms with E-state index in [1.54, 1.807) is 0 Å². The van der Waals surface area contributed by atoms with Gasteiger partial charge in [0.05, 0.1) is 4.90 Å². The van der Waals surface area contributed by atoms with Crippen molar-refractivity contribution in [1.29, 1.82) is 0 Å². The molecule has 2 rings (SSSR count). The van der Waals surface area contributed by atoms with E-state index in [4.69, 9.17) is 4.74 Å². The summed E-state index contributed by atoms with van der Waals surface area (Å²) in [5, 5.41) is 0. The molecule has 2 aromatic carbocycles. The van der Waals surface area contributed by atoms with E-state index in [1.165, 1.54) is 81.2 Å². The summed E-state index contributed by atoms with van der Waals surface area (Å²) < 4.78 is 38.7. The predicted molar refractivity (Wildman–Crippen MR) is 107 cm³/mol. The van der Waals surface area contributed by atoms with Crippen molar-refractivity contribution >= 4 is 10.1 Å². The molecule has 6 heteroatoms. The molecule has 0 bridgehead atoms. The second-order valence-corrected chi connectivity index (χ2v) is 8.28. The number of ether oxygens (including phenoxy) is 1. The van der Waals surface area contributed by atoms with E-state index in [2.05, 4.69) is 13.0 Å². The standard InChI is InChI=1S/C22H30O4S.Na/c1-2-3-4-5-6-7-8-9-11-19-12-10-13-21(18-19)26-20-14-16-22(17-15-20)27(23,24)25;/h10,12-18H,2-9,11H2,1H3,(H,23,24,25);/q;+1/p-1. The maximum atomic E-state index is 11.0. The second-order valence-electron chi connectivity index (χ2n) is 6.90. The van der Waals surface area contributed by atoms with Crippen LogP contribution in [0.25, 0.3) is 0 Å². The van der Waals surface area contributed by atoms with Crippen LogP contribution in [0.1, 0.15) is 63.9 Å². The molecule has 0 atom stereocenters. The van der Waals surface area contributed by atoms with Crippen LogP contribution < -0.4 is 34.3 Å². The van der Waals surface area contributed by atoms with Crippen LogP contribution in [0.15, 0.2) is 53.4 Å². The Kier molecular flexibility index (Phi) is 12.0. The molecule has 0 aliphatic carbocycles. The van der Waals surface area contributed by atoms with Gasteiger partial charge in [0.2, 0.25) is 0 Å². The molecule has 0 unspecified atom stereocenters. The van der Waals surface area contributed by atoms with Crippen LogP contribution in [-0.2, 0) is 16.5 Å². The van der Waals surface area contributed by atoms with Crippen molar-refractivity contribution in [1.82, 2.24) is 0 Å². The van der Waals surface area contributed by atoms with Crippen LogP contribution in [0.2, 0.25) is 0 Å². The quantitative estimate of drug-likeness (QED) is 0.305. The van der Waals surface area contributed by atoms with Crippen molar-refractivity contribution in [2.45, 2.75) is 69.6 Å². The van der Waals surface area contributed by atoms with Gasteiger partial charge < -0.3 is 9.29 Å². The monoisotopic (exact) mass is 412 g/mol. The SMILES string of the molecule is CCCCCCCCCCc1cccc(Oc2ccc(S(=O)(=O)[O-])cc2)c1.[Na+]. The smallest absolute Gasteiger partial charge is 0.744 e. The summed E-state index contributed by atoms with van der Waals surface area (Å²) in [6, 6.07) is 13.5. The van der Waals surface area contributed by atoms with Gasteiger partial charge in [-0.3, -0.25) is 0 Å². The Morgan fingerprint density at radius 2 is 1.43 bits per heavy atom. The van der Waals surface area contributed by atoms with Gasteiger partial charge in [0, 0.05) is 0 Å². The van der Waals surface area contributed by atoms with Crippen LogP contribution in [-0.4, -0.2) is 13.0 Å². The Morgan fingerprint density at radius 1 is 0.821 bits per heavy atom. The number of hydrogen-bond donors (Lipinski definition) is 0. The molecule has 0 aliphatic rings. The Hall–Kier alpha value is -0.850. The maximum absolute atomic E-state index is 11.0. The van der Waals surface area contributed by atoms with Gasteiger partial charge in [0.15, 0.2) is 0 Å². The van der Waals surface area contributed by atoms with Gasteiger partial charge in [0.1, 0.15) is 21.6 Å². The molecule has 0 saturated carbocycles. The molecule has 28 heavy (non-hydrogen) atoms. The van der Waals surface area contributed by atoms with Crippen molar-refractivity contribution in [3.05, 3.63) is 54.1 Å². The molecule has 0 fully saturated rings. The van der Waals surface area contributed by atoms with Gasteiger partial charge >= 0.3 is 29.6 Å². The summed E-state index contributed by atoms with van der Waals surface area (Å²) in [5.41, 5.74) is 1.23. The summed E-state index contributed by atoms with van der Waals surface area (Å²) in [4.78, 5) is -0.252. The minimum absolute atomic E-state index is 0. The molecule has 0 radical (unpaired) electrons. The zero-order valence-electron chi connectivity index (χ0n) is 17.0. The average molecular weight is 413 g/mol. The van der Waals surface area contributed by atoms with Crippen LogP contribution in [0.3, 0.4) is 0 Å². The molecule has 4 nitrogen and oxygen atoms in total. The van der Waals surface area contributed by atoms with E-state index >= 15 is 0 Å². The number of unbranched alkanes of at least 4 members (excludes halogenated alkanes) is 7. The van der Waals surface area contributed by atoms with E-state index in [1.807, 2.05) is 18.2 Å².